The number of fused-ring (bicyclic) bond motifs is 4. The maximum atomic E-state index is 13.5. The number of rotatable bonds is 4. The minimum atomic E-state index is -0.516. The van der Waals surface area contributed by atoms with E-state index in [1.165, 1.54) is 15.9 Å². The second-order valence-electron chi connectivity index (χ2n) is 8.48. The lowest BCUT2D eigenvalue weighted by Gasteiger charge is -2.12. The average Bonchev–Trinajstić information content (AvgIpc) is 3.47. The number of para-hydroxylation sites is 1. The summed E-state index contributed by atoms with van der Waals surface area (Å²) in [5.41, 5.74) is 5.18. The molecule has 3 aromatic carbocycles. The van der Waals surface area contributed by atoms with Crippen molar-refractivity contribution in [3.63, 3.8) is 0 Å². The molecule has 0 aliphatic heterocycles. The van der Waals surface area contributed by atoms with Gasteiger partial charge in [-0.25, -0.2) is 9.50 Å². The van der Waals surface area contributed by atoms with Crippen molar-refractivity contribution in [3.05, 3.63) is 99.6 Å². The molecule has 6 rings (SSSR count). The topological polar surface area (TPSA) is 94.2 Å². The van der Waals surface area contributed by atoms with Crippen molar-refractivity contribution in [2.24, 2.45) is 0 Å². The van der Waals surface area contributed by atoms with Gasteiger partial charge in [-0.05, 0) is 49.2 Å². The molecule has 3 heterocycles. The van der Waals surface area contributed by atoms with Crippen molar-refractivity contribution >= 4 is 49.3 Å². The van der Waals surface area contributed by atoms with Crippen molar-refractivity contribution in [2.75, 3.05) is 5.32 Å². The molecule has 172 valence electrons. The van der Waals surface area contributed by atoms with E-state index in [2.05, 4.69) is 20.4 Å². The molecule has 8 nitrogen and oxygen atoms in total. The second kappa shape index (κ2) is 8.14. The van der Waals surface area contributed by atoms with Gasteiger partial charge in [0.2, 0.25) is 11.5 Å². The molecule has 0 saturated carbocycles. The quantitative estimate of drug-likeness (QED) is 0.399. The number of aryl methyl sites for hydroxylation is 2. The standard InChI is InChI=1S/C26H20N6O2S/c1-15-7-10-17(11-8-15)14-31-20-13-16(2)9-12-19(20)32-23(25(31)34)28-22(30-32)24(33)29-26-27-18-5-3-4-6-21(18)35-26/h3-13H,14H2,1-2H3,(H,27,29,33). The first-order valence-corrected chi connectivity index (χ1v) is 11.9. The number of carbonyl (C=O) groups is 1. The Morgan fingerprint density at radius 2 is 1.71 bits per heavy atom. The van der Waals surface area contributed by atoms with Crippen LogP contribution in [0.4, 0.5) is 5.13 Å². The van der Waals surface area contributed by atoms with Crippen LogP contribution in [0.3, 0.4) is 0 Å². The van der Waals surface area contributed by atoms with Crippen LogP contribution < -0.4 is 10.9 Å². The molecule has 6 aromatic rings. The second-order valence-corrected chi connectivity index (χ2v) is 9.51. The molecule has 9 heteroatoms. The molecular formula is C26H20N6O2S. The van der Waals surface area contributed by atoms with Crippen LogP contribution in [0.2, 0.25) is 0 Å². The molecule has 0 bridgehead atoms. The average molecular weight is 481 g/mol. The fraction of sp³-hybridized carbons (Fsp3) is 0.115. The fourth-order valence-corrected chi connectivity index (χ4v) is 4.95. The number of hydrogen-bond donors (Lipinski definition) is 1. The van der Waals surface area contributed by atoms with Gasteiger partial charge in [0.05, 0.1) is 27.8 Å². The Labute approximate surface area is 203 Å². The van der Waals surface area contributed by atoms with Gasteiger partial charge < -0.3 is 0 Å². The van der Waals surface area contributed by atoms with Crippen molar-refractivity contribution in [2.45, 2.75) is 20.4 Å². The van der Waals surface area contributed by atoms with Crippen LogP contribution in [0.25, 0.3) is 26.9 Å². The highest BCUT2D eigenvalue weighted by molar-refractivity contribution is 7.22. The molecule has 3 aromatic heterocycles. The molecule has 1 amide bonds. The van der Waals surface area contributed by atoms with Gasteiger partial charge in [0.25, 0.3) is 11.5 Å². The van der Waals surface area contributed by atoms with E-state index >= 15 is 0 Å². The normalized spacial score (nSPS) is 11.5. The maximum absolute atomic E-state index is 13.5. The Morgan fingerprint density at radius 3 is 2.51 bits per heavy atom. The molecular weight excluding hydrogens is 460 g/mol. The summed E-state index contributed by atoms with van der Waals surface area (Å²) in [6.45, 7) is 4.39. The van der Waals surface area contributed by atoms with Crippen LogP contribution in [0, 0.1) is 13.8 Å². The summed E-state index contributed by atoms with van der Waals surface area (Å²) in [4.78, 5) is 35.3. The van der Waals surface area contributed by atoms with Gasteiger partial charge >= 0.3 is 0 Å². The van der Waals surface area contributed by atoms with Gasteiger partial charge in [-0.2, -0.15) is 4.98 Å². The Morgan fingerprint density at radius 1 is 0.943 bits per heavy atom. The van der Waals surface area contributed by atoms with Gasteiger partial charge in [-0.1, -0.05) is 59.4 Å². The van der Waals surface area contributed by atoms with E-state index in [1.807, 2.05) is 80.6 Å². The van der Waals surface area contributed by atoms with Gasteiger partial charge in [-0.3, -0.25) is 19.5 Å². The van der Waals surface area contributed by atoms with Crippen LogP contribution in [0.15, 0.2) is 71.5 Å². The van der Waals surface area contributed by atoms with Gasteiger partial charge in [-0.15, -0.1) is 5.10 Å². The molecule has 0 aliphatic rings. The zero-order chi connectivity index (χ0) is 24.1. The first kappa shape index (κ1) is 21.2. The number of aromatic nitrogens is 5. The lowest BCUT2D eigenvalue weighted by atomic mass is 10.1. The summed E-state index contributed by atoms with van der Waals surface area (Å²) < 4.78 is 4.11. The molecule has 0 atom stereocenters. The molecule has 35 heavy (non-hydrogen) atoms. The smallest absolute Gasteiger partial charge is 0.297 e. The Bertz CT molecular complexity index is 1780. The van der Waals surface area contributed by atoms with E-state index in [-0.39, 0.29) is 17.0 Å². The number of amides is 1. The van der Waals surface area contributed by atoms with Crippen molar-refractivity contribution in [3.8, 4) is 0 Å². The minimum Gasteiger partial charge on any atom is -0.299 e. The Balaban J connectivity index is 1.45. The van der Waals surface area contributed by atoms with Crippen molar-refractivity contribution < 1.29 is 4.79 Å². The SMILES string of the molecule is Cc1ccc(Cn2c(=O)c3nc(C(=O)Nc4nc5ccccc5s4)nn3c3ccc(C)cc32)cc1. The fourth-order valence-electron chi connectivity index (χ4n) is 4.09. The highest BCUT2D eigenvalue weighted by Crippen LogP contribution is 2.25. The van der Waals surface area contributed by atoms with E-state index in [1.54, 1.807) is 4.57 Å². The van der Waals surface area contributed by atoms with E-state index < -0.39 is 5.91 Å². The monoisotopic (exact) mass is 480 g/mol. The van der Waals surface area contributed by atoms with Crippen LogP contribution in [-0.4, -0.2) is 30.1 Å². The minimum absolute atomic E-state index is 0.0867. The first-order chi connectivity index (χ1) is 17.0. The van der Waals surface area contributed by atoms with Crippen LogP contribution in [0.5, 0.6) is 0 Å². The van der Waals surface area contributed by atoms with Gasteiger partial charge in [0.1, 0.15) is 0 Å². The third-order valence-corrected chi connectivity index (χ3v) is 6.82. The highest BCUT2D eigenvalue weighted by atomic mass is 32.1. The van der Waals surface area contributed by atoms with Gasteiger partial charge in [0.15, 0.2) is 5.13 Å². The number of benzene rings is 3. The molecule has 0 aliphatic carbocycles. The third kappa shape index (κ3) is 3.75. The molecule has 1 N–H and O–H groups in total. The number of anilines is 1. The van der Waals surface area contributed by atoms with E-state index in [0.29, 0.717) is 17.2 Å². The van der Waals surface area contributed by atoms with E-state index in [0.717, 1.165) is 32.4 Å². The molecule has 0 unspecified atom stereocenters. The number of nitrogens with zero attached hydrogens (tertiary/aromatic N) is 5. The number of carbonyl (C=O) groups excluding carboxylic acids is 1. The molecule has 0 spiro atoms. The summed E-state index contributed by atoms with van der Waals surface area (Å²) in [6, 6.07) is 21.5. The third-order valence-electron chi connectivity index (χ3n) is 5.87. The zero-order valence-corrected chi connectivity index (χ0v) is 19.8. The first-order valence-electron chi connectivity index (χ1n) is 11.1. The summed E-state index contributed by atoms with van der Waals surface area (Å²) >= 11 is 1.37. The molecule has 0 radical (unpaired) electrons. The number of nitrogens with one attached hydrogen (secondary N) is 1. The lowest BCUT2D eigenvalue weighted by molar-refractivity contribution is 0.101. The summed E-state index contributed by atoms with van der Waals surface area (Å²) in [5, 5.41) is 7.62. The van der Waals surface area contributed by atoms with Crippen LogP contribution in [0.1, 0.15) is 27.3 Å². The number of hydrogen-bond acceptors (Lipinski definition) is 6. The molecule has 0 fully saturated rings. The zero-order valence-electron chi connectivity index (χ0n) is 19.0. The maximum Gasteiger partial charge on any atom is 0.297 e. The van der Waals surface area contributed by atoms with E-state index in [4.69, 9.17) is 0 Å². The van der Waals surface area contributed by atoms with Crippen LogP contribution in [-0.2, 0) is 6.54 Å². The predicted molar refractivity (Wildman–Crippen MR) is 137 cm³/mol. The lowest BCUT2D eigenvalue weighted by Crippen LogP contribution is -2.24. The number of thiazole rings is 1. The van der Waals surface area contributed by atoms with Crippen LogP contribution >= 0.6 is 11.3 Å². The Kier molecular flexibility index (Phi) is 4.93. The summed E-state index contributed by atoms with van der Waals surface area (Å²) in [7, 11) is 0. The van der Waals surface area contributed by atoms with E-state index in [9.17, 15) is 9.59 Å². The predicted octanol–water partition coefficient (Wildman–Crippen LogP) is 4.57. The summed E-state index contributed by atoms with van der Waals surface area (Å²) in [5.74, 6) is -0.603. The molecule has 0 saturated heterocycles. The van der Waals surface area contributed by atoms with Crippen molar-refractivity contribution in [1.82, 2.24) is 24.1 Å². The van der Waals surface area contributed by atoms with Gasteiger partial charge in [0, 0.05) is 0 Å². The largest absolute Gasteiger partial charge is 0.299 e. The van der Waals surface area contributed by atoms with Crippen molar-refractivity contribution in [1.29, 1.82) is 0 Å². The summed E-state index contributed by atoms with van der Waals surface area (Å²) in [6.07, 6.45) is 0. The highest BCUT2D eigenvalue weighted by Gasteiger charge is 2.20. The Hall–Kier alpha value is -4.37.